The van der Waals surface area contributed by atoms with Crippen molar-refractivity contribution in [2.24, 2.45) is 0 Å². The number of carbonyl (C=O) groups is 2. The molecule has 1 heterocycles. The van der Waals surface area contributed by atoms with E-state index in [4.69, 9.17) is 14.6 Å². The molecule has 2 unspecified atom stereocenters. The lowest BCUT2D eigenvalue weighted by molar-refractivity contribution is -0.140. The van der Waals surface area contributed by atoms with Crippen LogP contribution in [0, 0.1) is 12.7 Å². The molecule has 1 saturated heterocycles. The minimum atomic E-state index is -0.977. The van der Waals surface area contributed by atoms with E-state index >= 15 is 0 Å². The van der Waals surface area contributed by atoms with Gasteiger partial charge >= 0.3 is 5.97 Å². The number of aliphatic carboxylic acids is 1. The second-order valence-electron chi connectivity index (χ2n) is 5.61. The molecule has 0 bridgehead atoms. The largest absolute Gasteiger partial charge is 0.481 e. The summed E-state index contributed by atoms with van der Waals surface area (Å²) in [5.74, 6) is -1.88. The highest BCUT2D eigenvalue weighted by Crippen LogP contribution is 2.24. The van der Waals surface area contributed by atoms with Gasteiger partial charge in [0.1, 0.15) is 0 Å². The third-order valence-electron chi connectivity index (χ3n) is 3.88. The first kappa shape index (κ1) is 17.2. The number of nitrogens with zero attached hydrogens (tertiary/aromatic N) is 1. The summed E-state index contributed by atoms with van der Waals surface area (Å²) in [7, 11) is 1.52. The van der Waals surface area contributed by atoms with Crippen LogP contribution in [0.2, 0.25) is 0 Å². The molecule has 0 aromatic heterocycles. The first-order chi connectivity index (χ1) is 10.9. The van der Waals surface area contributed by atoms with Gasteiger partial charge in [-0.25, -0.2) is 4.39 Å². The predicted octanol–water partition coefficient (Wildman–Crippen LogP) is 1.60. The molecule has 6 nitrogen and oxygen atoms in total. The van der Waals surface area contributed by atoms with Crippen LogP contribution in [-0.2, 0) is 14.3 Å². The molecular weight excluding hydrogens is 305 g/mol. The lowest BCUT2D eigenvalue weighted by Gasteiger charge is -2.23. The number of halogens is 1. The van der Waals surface area contributed by atoms with Crippen LogP contribution in [0.15, 0.2) is 18.2 Å². The van der Waals surface area contributed by atoms with Gasteiger partial charge in [-0.2, -0.15) is 0 Å². The van der Waals surface area contributed by atoms with Crippen LogP contribution in [0.25, 0.3) is 0 Å². The van der Waals surface area contributed by atoms with Gasteiger partial charge in [0.2, 0.25) is 0 Å². The first-order valence-electron chi connectivity index (χ1n) is 7.33. The standard InChI is InChI=1S/C16H20FNO5/c1-10-3-4-13(17)14(5-10)23-9-15(19)18-8-12(22-2)6-11(18)7-16(20)21/h3-5,11-12H,6-9H2,1-2H3,(H,20,21). The van der Waals surface area contributed by atoms with Crippen molar-refractivity contribution in [3.8, 4) is 5.75 Å². The van der Waals surface area contributed by atoms with E-state index in [1.807, 2.05) is 0 Å². The van der Waals surface area contributed by atoms with Crippen LogP contribution in [0.1, 0.15) is 18.4 Å². The molecule has 7 heteroatoms. The predicted molar refractivity (Wildman–Crippen MR) is 79.8 cm³/mol. The highest BCUT2D eigenvalue weighted by molar-refractivity contribution is 5.79. The Bertz CT molecular complexity index is 592. The van der Waals surface area contributed by atoms with Crippen molar-refractivity contribution < 1.29 is 28.6 Å². The maximum Gasteiger partial charge on any atom is 0.305 e. The summed E-state index contributed by atoms with van der Waals surface area (Å²) >= 11 is 0. The third kappa shape index (κ3) is 4.41. The van der Waals surface area contributed by atoms with Gasteiger partial charge in [-0.15, -0.1) is 0 Å². The van der Waals surface area contributed by atoms with Gasteiger partial charge in [0.05, 0.1) is 12.5 Å². The number of benzene rings is 1. The van der Waals surface area contributed by atoms with Crippen molar-refractivity contribution in [1.82, 2.24) is 4.90 Å². The van der Waals surface area contributed by atoms with Gasteiger partial charge < -0.3 is 19.5 Å². The van der Waals surface area contributed by atoms with E-state index in [1.165, 1.54) is 24.1 Å². The minimum absolute atomic E-state index is 0.00984. The number of carboxylic acid groups (broad SMARTS) is 1. The number of likely N-dealkylation sites (tertiary alicyclic amines) is 1. The fraction of sp³-hybridized carbons (Fsp3) is 0.500. The fourth-order valence-electron chi connectivity index (χ4n) is 2.69. The Kier molecular flexibility index (Phi) is 5.54. The molecule has 1 aliphatic rings. The molecule has 1 aromatic rings. The average Bonchev–Trinajstić information content (AvgIpc) is 2.90. The number of carbonyl (C=O) groups excluding carboxylic acids is 1. The molecule has 126 valence electrons. The van der Waals surface area contributed by atoms with E-state index in [1.54, 1.807) is 13.0 Å². The zero-order valence-electron chi connectivity index (χ0n) is 13.1. The molecule has 0 radical (unpaired) electrons. The second kappa shape index (κ2) is 7.41. The fourth-order valence-corrected chi connectivity index (χ4v) is 2.69. The number of hydrogen-bond donors (Lipinski definition) is 1. The van der Waals surface area contributed by atoms with Gasteiger partial charge in [0.15, 0.2) is 18.2 Å². The van der Waals surface area contributed by atoms with Crippen LogP contribution < -0.4 is 4.74 Å². The highest BCUT2D eigenvalue weighted by atomic mass is 19.1. The minimum Gasteiger partial charge on any atom is -0.481 e. The Morgan fingerprint density at radius 2 is 2.17 bits per heavy atom. The number of carboxylic acids is 1. The summed E-state index contributed by atoms with van der Waals surface area (Å²) in [5.41, 5.74) is 0.818. The summed E-state index contributed by atoms with van der Waals surface area (Å²) in [6.07, 6.45) is 0.122. The van der Waals surface area contributed by atoms with Crippen LogP contribution in [0.4, 0.5) is 4.39 Å². The smallest absolute Gasteiger partial charge is 0.305 e. The average molecular weight is 325 g/mol. The maximum absolute atomic E-state index is 13.6. The molecule has 1 N–H and O–H groups in total. The zero-order valence-corrected chi connectivity index (χ0v) is 13.1. The number of aryl methyl sites for hydroxylation is 1. The molecule has 1 aromatic carbocycles. The number of rotatable bonds is 6. The van der Waals surface area contributed by atoms with Crippen molar-refractivity contribution in [2.45, 2.75) is 31.9 Å². The lowest BCUT2D eigenvalue weighted by atomic mass is 10.1. The SMILES string of the molecule is COC1CC(CC(=O)O)N(C(=O)COc2cc(C)ccc2F)C1. The van der Waals surface area contributed by atoms with Gasteiger partial charge in [-0.05, 0) is 31.0 Å². The van der Waals surface area contributed by atoms with E-state index in [2.05, 4.69) is 0 Å². The molecular formula is C16H20FNO5. The Morgan fingerprint density at radius 3 is 2.83 bits per heavy atom. The molecule has 1 aliphatic heterocycles. The highest BCUT2D eigenvalue weighted by Gasteiger charge is 2.36. The third-order valence-corrected chi connectivity index (χ3v) is 3.88. The van der Waals surface area contributed by atoms with E-state index < -0.39 is 17.8 Å². The second-order valence-corrected chi connectivity index (χ2v) is 5.61. The van der Waals surface area contributed by atoms with Gasteiger partial charge in [0.25, 0.3) is 5.91 Å². The summed E-state index contributed by atoms with van der Waals surface area (Å²) in [4.78, 5) is 24.7. The van der Waals surface area contributed by atoms with E-state index in [9.17, 15) is 14.0 Å². The number of hydrogen-bond acceptors (Lipinski definition) is 4. The van der Waals surface area contributed by atoms with Crippen LogP contribution in [0.3, 0.4) is 0 Å². The molecule has 1 fully saturated rings. The molecule has 0 saturated carbocycles. The molecule has 23 heavy (non-hydrogen) atoms. The monoisotopic (exact) mass is 325 g/mol. The lowest BCUT2D eigenvalue weighted by Crippen LogP contribution is -2.40. The van der Waals surface area contributed by atoms with Crippen molar-refractivity contribution in [1.29, 1.82) is 0 Å². The molecule has 0 aliphatic carbocycles. The quantitative estimate of drug-likeness (QED) is 0.860. The van der Waals surface area contributed by atoms with Gasteiger partial charge in [-0.3, -0.25) is 9.59 Å². The Labute approximate surface area is 133 Å². The maximum atomic E-state index is 13.6. The van der Waals surface area contributed by atoms with E-state index in [-0.39, 0.29) is 30.8 Å². The van der Waals surface area contributed by atoms with Crippen molar-refractivity contribution in [2.75, 3.05) is 20.3 Å². The topological polar surface area (TPSA) is 76.1 Å². The number of amides is 1. The Morgan fingerprint density at radius 1 is 1.43 bits per heavy atom. The van der Waals surface area contributed by atoms with Crippen LogP contribution in [-0.4, -0.2) is 54.3 Å². The summed E-state index contributed by atoms with van der Waals surface area (Å²) in [6.45, 7) is 1.76. The number of methoxy groups -OCH3 is 1. The van der Waals surface area contributed by atoms with Crippen molar-refractivity contribution in [3.63, 3.8) is 0 Å². The normalized spacial score (nSPS) is 20.6. The Hall–Kier alpha value is -2.15. The summed E-state index contributed by atoms with van der Waals surface area (Å²) in [5, 5.41) is 8.95. The van der Waals surface area contributed by atoms with Crippen molar-refractivity contribution in [3.05, 3.63) is 29.6 Å². The van der Waals surface area contributed by atoms with Crippen LogP contribution >= 0.6 is 0 Å². The zero-order chi connectivity index (χ0) is 17.0. The molecule has 1 amide bonds. The van der Waals surface area contributed by atoms with Crippen molar-refractivity contribution >= 4 is 11.9 Å². The molecule has 2 atom stereocenters. The number of ether oxygens (including phenoxy) is 2. The van der Waals surface area contributed by atoms with Crippen LogP contribution in [0.5, 0.6) is 5.75 Å². The molecule has 2 rings (SSSR count). The Balaban J connectivity index is 2.00. The van der Waals surface area contributed by atoms with Gasteiger partial charge in [0, 0.05) is 19.7 Å². The van der Waals surface area contributed by atoms with Gasteiger partial charge in [-0.1, -0.05) is 6.07 Å². The van der Waals surface area contributed by atoms with E-state index in [0.29, 0.717) is 13.0 Å². The summed E-state index contributed by atoms with van der Waals surface area (Å²) < 4.78 is 24.1. The summed E-state index contributed by atoms with van der Waals surface area (Å²) in [6, 6.07) is 3.96. The van der Waals surface area contributed by atoms with E-state index in [0.717, 1.165) is 5.56 Å². The first-order valence-corrected chi connectivity index (χ1v) is 7.33. The molecule has 0 spiro atoms.